The Labute approximate surface area is 135 Å². The summed E-state index contributed by atoms with van der Waals surface area (Å²) in [6.07, 6.45) is 2.23. The summed E-state index contributed by atoms with van der Waals surface area (Å²) in [7, 11) is -6.01. The minimum atomic E-state index is -6.01. The maximum Gasteiger partial charge on any atom is 0.534 e. The number of pyridine rings is 1. The van der Waals surface area contributed by atoms with Crippen molar-refractivity contribution in [2.24, 2.45) is 0 Å². The van der Waals surface area contributed by atoms with Gasteiger partial charge in [-0.2, -0.15) is 21.6 Å². The van der Waals surface area contributed by atoms with Crippen molar-refractivity contribution >= 4 is 43.0 Å². The van der Waals surface area contributed by atoms with Gasteiger partial charge in [-0.15, -0.1) is 0 Å². The number of rotatable bonds is 4. The van der Waals surface area contributed by atoms with Crippen molar-refractivity contribution in [2.45, 2.75) is 12.4 Å². The normalized spacial score (nSPS) is 12.4. The van der Waals surface area contributed by atoms with Crippen LogP contribution in [0.2, 0.25) is 0 Å². The van der Waals surface area contributed by atoms with E-state index in [0.717, 1.165) is 6.20 Å². The van der Waals surface area contributed by atoms with Crippen molar-refractivity contribution in [3.63, 3.8) is 0 Å². The molecular weight excluding hydrogens is 411 g/mol. The van der Waals surface area contributed by atoms with Crippen LogP contribution in [-0.2, 0) is 14.9 Å². The molecule has 2 aromatic heterocycles. The third kappa shape index (κ3) is 3.27. The number of hydrogen-bond donors (Lipinski definition) is 0. The summed E-state index contributed by atoms with van der Waals surface area (Å²) < 4.78 is 73.9. The number of carbonyl (C=O) groups excluding carboxylic acids is 1. The number of aromatic nitrogens is 1. The monoisotopic (exact) mass is 417 g/mol. The molecule has 12 heteroatoms. The van der Waals surface area contributed by atoms with Gasteiger partial charge in [0.1, 0.15) is 0 Å². The predicted molar refractivity (Wildman–Crippen MR) is 73.3 cm³/mol. The topological polar surface area (TPSA) is 95.7 Å². The van der Waals surface area contributed by atoms with Gasteiger partial charge in [-0.05, 0) is 22.9 Å². The van der Waals surface area contributed by atoms with E-state index in [4.69, 9.17) is 4.42 Å². The highest BCUT2D eigenvalue weighted by Gasteiger charge is 2.49. The lowest BCUT2D eigenvalue weighted by molar-refractivity contribution is -0.0500. The van der Waals surface area contributed by atoms with Crippen molar-refractivity contribution in [3.05, 3.63) is 22.6 Å². The number of furan rings is 1. The highest BCUT2D eigenvalue weighted by molar-refractivity contribution is 9.10. The van der Waals surface area contributed by atoms with Gasteiger partial charge in [0.05, 0.1) is 16.5 Å². The molecule has 0 N–H and O–H groups in total. The van der Waals surface area contributed by atoms with Gasteiger partial charge < -0.3 is 13.3 Å². The largest absolute Gasteiger partial charge is 0.534 e. The van der Waals surface area contributed by atoms with Crippen LogP contribution in [0.1, 0.15) is 17.5 Å². The summed E-state index contributed by atoms with van der Waals surface area (Å²) in [6, 6.07) is 0. The SMILES string of the molecule is CCOC(=O)c1oc2c(Br)cncc2c1OS(=O)(=O)C(F)(F)F. The number of fused-ring (bicyclic) bond motifs is 1. The Morgan fingerprint density at radius 2 is 2.04 bits per heavy atom. The molecule has 0 aromatic carbocycles. The van der Waals surface area contributed by atoms with Crippen LogP contribution in [0.25, 0.3) is 11.0 Å². The Balaban J connectivity index is 2.67. The van der Waals surface area contributed by atoms with E-state index in [1.165, 1.54) is 13.1 Å². The van der Waals surface area contributed by atoms with Gasteiger partial charge in [-0.25, -0.2) is 4.79 Å². The van der Waals surface area contributed by atoms with Crippen LogP contribution >= 0.6 is 15.9 Å². The highest BCUT2D eigenvalue weighted by atomic mass is 79.9. The first-order valence-corrected chi connectivity index (χ1v) is 8.02. The molecule has 0 fully saturated rings. The number of alkyl halides is 3. The third-order valence-electron chi connectivity index (χ3n) is 2.45. The fourth-order valence-corrected chi connectivity index (χ4v) is 2.42. The molecule has 23 heavy (non-hydrogen) atoms. The predicted octanol–water partition coefficient (Wildman–Crippen LogP) is 3.00. The Kier molecular flexibility index (Phi) is 4.57. The van der Waals surface area contributed by atoms with Gasteiger partial charge in [0, 0.05) is 12.4 Å². The fraction of sp³-hybridized carbons (Fsp3) is 0.273. The molecule has 2 heterocycles. The maximum absolute atomic E-state index is 12.5. The molecule has 126 valence electrons. The number of ether oxygens (including phenoxy) is 1. The lowest BCUT2D eigenvalue weighted by Gasteiger charge is -2.09. The minimum absolute atomic E-state index is 0.110. The fourth-order valence-electron chi connectivity index (χ4n) is 1.53. The molecule has 0 amide bonds. The number of hydrogen-bond acceptors (Lipinski definition) is 7. The van der Waals surface area contributed by atoms with Gasteiger partial charge in [-0.1, -0.05) is 0 Å². The van der Waals surface area contributed by atoms with Crippen molar-refractivity contribution in [1.82, 2.24) is 4.98 Å². The second-order valence-electron chi connectivity index (χ2n) is 3.96. The van der Waals surface area contributed by atoms with E-state index in [1.54, 1.807) is 0 Å². The molecule has 0 bridgehead atoms. The molecule has 0 spiro atoms. The minimum Gasteiger partial charge on any atom is -0.460 e. The summed E-state index contributed by atoms with van der Waals surface area (Å²) >= 11 is 3.02. The average Bonchev–Trinajstić information content (AvgIpc) is 2.78. The van der Waals surface area contributed by atoms with Crippen molar-refractivity contribution in [2.75, 3.05) is 6.61 Å². The molecule has 0 aliphatic carbocycles. The smallest absolute Gasteiger partial charge is 0.460 e. The van der Waals surface area contributed by atoms with E-state index in [2.05, 4.69) is 29.8 Å². The summed E-state index contributed by atoms with van der Waals surface area (Å²) in [4.78, 5) is 15.4. The van der Waals surface area contributed by atoms with Crippen LogP contribution in [0, 0.1) is 0 Å². The molecular formula is C11H7BrF3NO6S. The molecule has 0 aliphatic rings. The molecule has 2 rings (SSSR count). The number of carbonyl (C=O) groups is 1. The molecule has 0 radical (unpaired) electrons. The van der Waals surface area contributed by atoms with Crippen LogP contribution in [0.3, 0.4) is 0 Å². The second-order valence-corrected chi connectivity index (χ2v) is 6.35. The molecule has 7 nitrogen and oxygen atoms in total. The van der Waals surface area contributed by atoms with Crippen LogP contribution in [-0.4, -0.2) is 31.5 Å². The quantitative estimate of drug-likeness (QED) is 0.428. The van der Waals surface area contributed by atoms with Crippen molar-refractivity contribution in [1.29, 1.82) is 0 Å². The third-order valence-corrected chi connectivity index (χ3v) is 3.96. The molecule has 0 saturated heterocycles. The van der Waals surface area contributed by atoms with Gasteiger partial charge in [-0.3, -0.25) is 4.98 Å². The summed E-state index contributed by atoms with van der Waals surface area (Å²) in [6.45, 7) is 1.34. The van der Waals surface area contributed by atoms with E-state index in [9.17, 15) is 26.4 Å². The average molecular weight is 418 g/mol. The number of esters is 1. The van der Waals surface area contributed by atoms with Gasteiger partial charge in [0.15, 0.2) is 5.58 Å². The molecule has 2 aromatic rings. The zero-order chi connectivity index (χ0) is 17.4. The zero-order valence-electron chi connectivity index (χ0n) is 11.2. The van der Waals surface area contributed by atoms with E-state index >= 15 is 0 Å². The standard InChI is InChI=1S/C11H7BrF3NO6S/c1-2-20-10(17)9-8(22-23(18,19)11(13,14)15)5-3-16-4-6(12)7(5)21-9/h3-4H,2H2,1H3. The Morgan fingerprint density at radius 1 is 1.39 bits per heavy atom. The van der Waals surface area contributed by atoms with Crippen molar-refractivity contribution in [3.8, 4) is 5.75 Å². The Morgan fingerprint density at radius 3 is 2.61 bits per heavy atom. The molecule has 0 atom stereocenters. The zero-order valence-corrected chi connectivity index (χ0v) is 13.6. The lowest BCUT2D eigenvalue weighted by atomic mass is 10.3. The van der Waals surface area contributed by atoms with Crippen LogP contribution in [0.15, 0.2) is 21.3 Å². The Hall–Kier alpha value is -1.82. The van der Waals surface area contributed by atoms with E-state index in [0.29, 0.717) is 0 Å². The molecule has 0 unspecified atom stereocenters. The summed E-state index contributed by atoms with van der Waals surface area (Å²) in [5, 5.41) is -0.241. The number of nitrogens with zero attached hydrogens (tertiary/aromatic N) is 1. The number of halogens is 4. The summed E-state index contributed by atoms with van der Waals surface area (Å²) in [5.74, 6) is -2.93. The molecule has 0 aliphatic heterocycles. The van der Waals surface area contributed by atoms with Gasteiger partial charge in [0.25, 0.3) is 5.76 Å². The first-order valence-electron chi connectivity index (χ1n) is 5.82. The van der Waals surface area contributed by atoms with Crippen molar-refractivity contribution < 1.29 is 39.7 Å². The Bertz CT molecular complexity index is 861. The second kappa shape index (κ2) is 6.00. The lowest BCUT2D eigenvalue weighted by Crippen LogP contribution is -2.28. The van der Waals surface area contributed by atoms with Crippen LogP contribution in [0.5, 0.6) is 5.75 Å². The maximum atomic E-state index is 12.5. The van der Waals surface area contributed by atoms with Gasteiger partial charge in [0.2, 0.25) is 5.75 Å². The summed E-state index contributed by atoms with van der Waals surface area (Å²) in [5.41, 5.74) is -5.79. The first-order chi connectivity index (χ1) is 10.6. The van der Waals surface area contributed by atoms with Crippen LogP contribution in [0.4, 0.5) is 13.2 Å². The molecule has 0 saturated carbocycles. The first kappa shape index (κ1) is 17.5. The van der Waals surface area contributed by atoms with Gasteiger partial charge >= 0.3 is 21.6 Å². The van der Waals surface area contributed by atoms with E-state index in [1.807, 2.05) is 0 Å². The van der Waals surface area contributed by atoms with Crippen LogP contribution < -0.4 is 4.18 Å². The highest BCUT2D eigenvalue weighted by Crippen LogP contribution is 2.39. The van der Waals surface area contributed by atoms with E-state index in [-0.39, 0.29) is 22.0 Å². The van der Waals surface area contributed by atoms with E-state index < -0.39 is 33.1 Å².